The molecule has 6 nitrogen and oxygen atoms in total. The minimum absolute atomic E-state index is 0.132. The number of nitrogens with one attached hydrogen (secondary N) is 1. The first-order valence-corrected chi connectivity index (χ1v) is 11.2. The molecule has 1 aliphatic rings. The van der Waals surface area contributed by atoms with Gasteiger partial charge in [0.2, 0.25) is 16.0 Å². The Morgan fingerprint density at radius 3 is 2.28 bits per heavy atom. The van der Waals surface area contributed by atoms with E-state index in [0.717, 1.165) is 42.8 Å². The van der Waals surface area contributed by atoms with Crippen LogP contribution in [0, 0.1) is 6.92 Å². The molecule has 2 heterocycles. The van der Waals surface area contributed by atoms with Crippen LogP contribution in [0.25, 0.3) is 11.1 Å². The van der Waals surface area contributed by atoms with Crippen molar-refractivity contribution in [3.05, 3.63) is 72.1 Å². The second-order valence-corrected chi connectivity index (χ2v) is 8.98. The molecule has 0 unspecified atom stereocenters. The molecule has 0 saturated carbocycles. The molecule has 2 aromatic carbocycles. The second-order valence-electron chi connectivity index (χ2n) is 7.21. The van der Waals surface area contributed by atoms with Crippen LogP contribution in [-0.2, 0) is 16.6 Å². The van der Waals surface area contributed by atoms with Gasteiger partial charge in [-0.3, -0.25) is 0 Å². The molecular formula is C22H24N4O2S. The molecule has 1 aliphatic heterocycles. The van der Waals surface area contributed by atoms with Gasteiger partial charge in [0.1, 0.15) is 0 Å². The van der Waals surface area contributed by atoms with Gasteiger partial charge in [0, 0.05) is 18.8 Å². The van der Waals surface area contributed by atoms with E-state index < -0.39 is 10.0 Å². The maximum atomic E-state index is 12.7. The zero-order chi connectivity index (χ0) is 20.3. The van der Waals surface area contributed by atoms with Gasteiger partial charge >= 0.3 is 0 Å². The first-order chi connectivity index (χ1) is 14.0. The van der Waals surface area contributed by atoms with Gasteiger partial charge in [-0.1, -0.05) is 42.5 Å². The van der Waals surface area contributed by atoms with Gasteiger partial charge in [-0.05, 0) is 49.1 Å². The average Bonchev–Trinajstić information content (AvgIpc) is 3.28. The van der Waals surface area contributed by atoms with Crippen LogP contribution in [0.3, 0.4) is 0 Å². The first-order valence-electron chi connectivity index (χ1n) is 9.76. The quantitative estimate of drug-likeness (QED) is 0.675. The largest absolute Gasteiger partial charge is 0.341 e. The number of benzene rings is 2. The molecule has 1 aromatic heterocycles. The van der Waals surface area contributed by atoms with Crippen molar-refractivity contribution in [3.63, 3.8) is 0 Å². The summed E-state index contributed by atoms with van der Waals surface area (Å²) in [6, 6.07) is 18.6. The fraction of sp³-hybridized carbons (Fsp3) is 0.273. The van der Waals surface area contributed by atoms with Crippen molar-refractivity contribution in [2.24, 2.45) is 0 Å². The number of nitrogens with zero attached hydrogens (tertiary/aromatic N) is 3. The molecule has 0 spiro atoms. The first kappa shape index (κ1) is 19.5. The Labute approximate surface area is 171 Å². The molecule has 0 bridgehead atoms. The monoisotopic (exact) mass is 408 g/mol. The Morgan fingerprint density at radius 2 is 1.59 bits per heavy atom. The number of sulfonamides is 1. The highest BCUT2D eigenvalue weighted by Crippen LogP contribution is 2.21. The lowest BCUT2D eigenvalue weighted by Crippen LogP contribution is -2.25. The topological polar surface area (TPSA) is 75.2 Å². The summed E-state index contributed by atoms with van der Waals surface area (Å²) in [4.78, 5) is 11.4. The van der Waals surface area contributed by atoms with Crippen LogP contribution in [-0.4, -0.2) is 31.5 Å². The molecule has 0 amide bonds. The van der Waals surface area contributed by atoms with Crippen LogP contribution < -0.4 is 9.62 Å². The molecule has 1 saturated heterocycles. The average molecular weight is 409 g/mol. The summed E-state index contributed by atoms with van der Waals surface area (Å²) in [5.41, 5.74) is 3.54. The maximum absolute atomic E-state index is 12.7. The number of aromatic nitrogens is 2. The lowest BCUT2D eigenvalue weighted by Gasteiger charge is -2.16. The molecular weight excluding hydrogens is 384 g/mol. The van der Waals surface area contributed by atoms with E-state index in [1.165, 1.54) is 0 Å². The van der Waals surface area contributed by atoms with Crippen LogP contribution >= 0.6 is 0 Å². The van der Waals surface area contributed by atoms with Gasteiger partial charge in [-0.15, -0.1) is 0 Å². The number of hydrogen-bond acceptors (Lipinski definition) is 5. The number of aryl methyl sites for hydroxylation is 1. The van der Waals surface area contributed by atoms with Crippen molar-refractivity contribution >= 4 is 16.0 Å². The highest BCUT2D eigenvalue weighted by molar-refractivity contribution is 7.89. The summed E-state index contributed by atoms with van der Waals surface area (Å²) in [5, 5.41) is 0. The van der Waals surface area contributed by atoms with Crippen molar-refractivity contribution < 1.29 is 8.42 Å². The Bertz CT molecular complexity index is 1080. The van der Waals surface area contributed by atoms with E-state index in [9.17, 15) is 8.42 Å². The molecule has 7 heteroatoms. The fourth-order valence-electron chi connectivity index (χ4n) is 3.48. The fourth-order valence-corrected chi connectivity index (χ4v) is 4.47. The van der Waals surface area contributed by atoms with Crippen molar-refractivity contribution in [1.29, 1.82) is 0 Å². The third kappa shape index (κ3) is 4.63. The van der Waals surface area contributed by atoms with E-state index in [4.69, 9.17) is 0 Å². The number of anilines is 1. The normalized spacial score (nSPS) is 14.3. The minimum atomic E-state index is -3.63. The molecule has 150 valence electrons. The van der Waals surface area contributed by atoms with Crippen LogP contribution in [0.15, 0.2) is 65.6 Å². The summed E-state index contributed by atoms with van der Waals surface area (Å²) in [7, 11) is -3.63. The molecule has 4 rings (SSSR count). The van der Waals surface area contributed by atoms with E-state index in [-0.39, 0.29) is 11.4 Å². The molecule has 29 heavy (non-hydrogen) atoms. The van der Waals surface area contributed by atoms with Crippen molar-refractivity contribution in [2.75, 3.05) is 18.0 Å². The van der Waals surface area contributed by atoms with E-state index in [1.807, 2.05) is 55.5 Å². The Morgan fingerprint density at radius 1 is 0.931 bits per heavy atom. The van der Waals surface area contributed by atoms with Gasteiger partial charge in [-0.2, -0.15) is 0 Å². The predicted molar refractivity (Wildman–Crippen MR) is 114 cm³/mol. The van der Waals surface area contributed by atoms with Crippen molar-refractivity contribution in [3.8, 4) is 11.1 Å². The lowest BCUT2D eigenvalue weighted by atomic mass is 10.1. The third-order valence-electron chi connectivity index (χ3n) is 5.00. The summed E-state index contributed by atoms with van der Waals surface area (Å²) in [5.74, 6) is 0.684. The van der Waals surface area contributed by atoms with E-state index in [0.29, 0.717) is 11.6 Å². The van der Waals surface area contributed by atoms with Crippen LogP contribution in [0.4, 0.5) is 5.95 Å². The molecule has 1 N–H and O–H groups in total. The summed E-state index contributed by atoms with van der Waals surface area (Å²) < 4.78 is 28.1. The zero-order valence-electron chi connectivity index (χ0n) is 16.4. The van der Waals surface area contributed by atoms with Gasteiger partial charge in [-0.25, -0.2) is 23.1 Å². The van der Waals surface area contributed by atoms with Gasteiger partial charge in [0.25, 0.3) is 0 Å². The zero-order valence-corrected chi connectivity index (χ0v) is 17.2. The molecule has 1 fully saturated rings. The minimum Gasteiger partial charge on any atom is -0.341 e. The Hall–Kier alpha value is -2.77. The summed E-state index contributed by atoms with van der Waals surface area (Å²) >= 11 is 0. The van der Waals surface area contributed by atoms with Crippen molar-refractivity contribution in [1.82, 2.24) is 14.7 Å². The predicted octanol–water partition coefficient (Wildman–Crippen LogP) is 3.53. The molecule has 0 radical (unpaired) electrons. The molecule has 0 aliphatic carbocycles. The molecule has 0 atom stereocenters. The standard InChI is InChI=1S/C22H24N4O2S/c1-17-15-20(25-22(24-17)26-13-5-6-14-26)16-23-29(27,28)21-11-9-19(10-12-21)18-7-3-2-4-8-18/h2-4,7-12,15,23H,5-6,13-14,16H2,1H3. The number of rotatable bonds is 6. The van der Waals surface area contributed by atoms with Gasteiger partial charge < -0.3 is 4.90 Å². The van der Waals surface area contributed by atoms with Crippen LogP contribution in [0.1, 0.15) is 24.2 Å². The highest BCUT2D eigenvalue weighted by atomic mass is 32.2. The van der Waals surface area contributed by atoms with Crippen molar-refractivity contribution in [2.45, 2.75) is 31.2 Å². The number of hydrogen-bond donors (Lipinski definition) is 1. The second kappa shape index (κ2) is 8.31. The maximum Gasteiger partial charge on any atom is 0.240 e. The van der Waals surface area contributed by atoms with E-state index in [1.54, 1.807) is 12.1 Å². The Kier molecular flexibility index (Phi) is 5.60. The third-order valence-corrected chi connectivity index (χ3v) is 6.42. The van der Waals surface area contributed by atoms with E-state index in [2.05, 4.69) is 19.6 Å². The van der Waals surface area contributed by atoms with Gasteiger partial charge in [0.05, 0.1) is 17.1 Å². The summed E-state index contributed by atoms with van der Waals surface area (Å²) in [6.07, 6.45) is 2.27. The van der Waals surface area contributed by atoms with Crippen LogP contribution in [0.5, 0.6) is 0 Å². The smallest absolute Gasteiger partial charge is 0.240 e. The van der Waals surface area contributed by atoms with Gasteiger partial charge in [0.15, 0.2) is 0 Å². The highest BCUT2D eigenvalue weighted by Gasteiger charge is 2.18. The summed E-state index contributed by atoms with van der Waals surface area (Å²) in [6.45, 7) is 3.93. The SMILES string of the molecule is Cc1cc(CNS(=O)(=O)c2ccc(-c3ccccc3)cc2)nc(N2CCCC2)n1. The Balaban J connectivity index is 1.48. The van der Waals surface area contributed by atoms with E-state index >= 15 is 0 Å². The lowest BCUT2D eigenvalue weighted by molar-refractivity contribution is 0.580. The molecule has 3 aromatic rings. The van der Waals surface area contributed by atoms with Crippen LogP contribution in [0.2, 0.25) is 0 Å².